The molecule has 0 amide bonds. The average Bonchev–Trinajstić information content (AvgIpc) is 2.75. The highest BCUT2D eigenvalue weighted by molar-refractivity contribution is 7.80. The first-order valence-corrected chi connectivity index (χ1v) is 6.60. The van der Waals surface area contributed by atoms with E-state index in [4.69, 9.17) is 18.0 Å². The molecular weight excluding hydrogens is 220 g/mol. The highest BCUT2D eigenvalue weighted by Crippen LogP contribution is 2.49. The van der Waals surface area contributed by atoms with Crippen molar-refractivity contribution in [3.63, 3.8) is 0 Å². The minimum absolute atomic E-state index is 0.171. The van der Waals surface area contributed by atoms with Crippen molar-refractivity contribution >= 4 is 17.2 Å². The van der Waals surface area contributed by atoms with Crippen LogP contribution in [0.5, 0.6) is 0 Å². The van der Waals surface area contributed by atoms with Crippen molar-refractivity contribution in [1.29, 1.82) is 0 Å². The zero-order chi connectivity index (χ0) is 11.8. The summed E-state index contributed by atoms with van der Waals surface area (Å²) in [6, 6.07) is 0. The van der Waals surface area contributed by atoms with Crippen LogP contribution in [0.1, 0.15) is 32.6 Å². The van der Waals surface area contributed by atoms with Gasteiger partial charge in [0, 0.05) is 19.5 Å². The Balaban J connectivity index is 1.81. The lowest BCUT2D eigenvalue weighted by Gasteiger charge is -2.23. The van der Waals surface area contributed by atoms with Gasteiger partial charge in [0.05, 0.1) is 11.1 Å². The minimum atomic E-state index is -0.171. The first-order valence-electron chi connectivity index (χ1n) is 6.19. The third kappa shape index (κ3) is 2.93. The Kier molecular flexibility index (Phi) is 3.52. The first kappa shape index (κ1) is 12.3. The van der Waals surface area contributed by atoms with Gasteiger partial charge < -0.3 is 15.7 Å². The maximum atomic E-state index is 9.56. The Morgan fingerprint density at radius 2 is 2.31 bits per heavy atom. The number of likely N-dealkylation sites (tertiary alicyclic amines) is 1. The predicted octanol–water partition coefficient (Wildman–Crippen LogP) is 1.15. The summed E-state index contributed by atoms with van der Waals surface area (Å²) in [5.74, 6) is 0.459. The van der Waals surface area contributed by atoms with Crippen LogP contribution in [0.4, 0.5) is 0 Å². The lowest BCUT2D eigenvalue weighted by atomic mass is 10.0. The fraction of sp³-hybridized carbons (Fsp3) is 0.917. The monoisotopic (exact) mass is 242 g/mol. The summed E-state index contributed by atoms with van der Waals surface area (Å²) in [5, 5.41) is 9.56. The number of aliphatic hydroxyl groups is 1. The molecule has 3 nitrogen and oxygen atoms in total. The predicted molar refractivity (Wildman–Crippen MR) is 69.3 cm³/mol. The van der Waals surface area contributed by atoms with E-state index < -0.39 is 0 Å². The van der Waals surface area contributed by atoms with E-state index in [2.05, 4.69) is 4.90 Å². The van der Waals surface area contributed by atoms with E-state index in [1.807, 2.05) is 6.92 Å². The minimum Gasteiger partial charge on any atom is -0.393 e. The molecule has 0 radical (unpaired) electrons. The molecular formula is C12H22N2OS. The Morgan fingerprint density at radius 1 is 1.62 bits per heavy atom. The summed E-state index contributed by atoms with van der Waals surface area (Å²) in [7, 11) is 0. The van der Waals surface area contributed by atoms with Crippen molar-refractivity contribution in [2.75, 3.05) is 19.6 Å². The summed E-state index contributed by atoms with van der Waals surface area (Å²) >= 11 is 5.01. The Morgan fingerprint density at radius 3 is 2.75 bits per heavy atom. The molecule has 2 unspecified atom stereocenters. The number of nitrogens with two attached hydrogens (primary N) is 1. The zero-order valence-electron chi connectivity index (χ0n) is 9.98. The third-order valence-corrected chi connectivity index (χ3v) is 4.20. The quantitative estimate of drug-likeness (QED) is 0.710. The zero-order valence-corrected chi connectivity index (χ0v) is 10.8. The van der Waals surface area contributed by atoms with Crippen molar-refractivity contribution in [1.82, 2.24) is 4.90 Å². The molecule has 1 saturated heterocycles. The third-order valence-electron chi connectivity index (χ3n) is 4.06. The van der Waals surface area contributed by atoms with Gasteiger partial charge in [-0.3, -0.25) is 0 Å². The lowest BCUT2D eigenvalue weighted by Crippen LogP contribution is -2.32. The molecule has 2 aliphatic rings. The summed E-state index contributed by atoms with van der Waals surface area (Å²) in [5.41, 5.74) is 6.03. The molecule has 0 aromatic carbocycles. The highest BCUT2D eigenvalue weighted by atomic mass is 32.1. The van der Waals surface area contributed by atoms with Crippen LogP contribution in [-0.4, -0.2) is 40.7 Å². The van der Waals surface area contributed by atoms with E-state index in [-0.39, 0.29) is 6.10 Å². The largest absolute Gasteiger partial charge is 0.393 e. The molecule has 2 rings (SSSR count). The second-order valence-corrected chi connectivity index (χ2v) is 6.19. The van der Waals surface area contributed by atoms with Gasteiger partial charge in [-0.2, -0.15) is 0 Å². The van der Waals surface area contributed by atoms with Gasteiger partial charge in [-0.15, -0.1) is 0 Å². The van der Waals surface area contributed by atoms with Crippen LogP contribution in [-0.2, 0) is 0 Å². The Labute approximate surface area is 103 Å². The van der Waals surface area contributed by atoms with Gasteiger partial charge in [0.1, 0.15) is 0 Å². The van der Waals surface area contributed by atoms with Crippen LogP contribution in [0.3, 0.4) is 0 Å². The maximum absolute atomic E-state index is 9.56. The maximum Gasteiger partial charge on any atom is 0.0733 e. The number of thiocarbonyl (C=S) groups is 1. The fourth-order valence-corrected chi connectivity index (χ4v) is 3.12. The molecule has 0 bridgehead atoms. The van der Waals surface area contributed by atoms with E-state index in [0.29, 0.717) is 16.3 Å². The Bertz CT molecular complexity index is 276. The van der Waals surface area contributed by atoms with Crippen molar-refractivity contribution in [2.24, 2.45) is 17.1 Å². The second kappa shape index (κ2) is 4.59. The fourth-order valence-electron chi connectivity index (χ4n) is 2.81. The second-order valence-electron chi connectivity index (χ2n) is 5.67. The van der Waals surface area contributed by atoms with Crippen molar-refractivity contribution in [3.8, 4) is 0 Å². The van der Waals surface area contributed by atoms with Gasteiger partial charge in [-0.25, -0.2) is 0 Å². The Hall–Kier alpha value is -0.190. The number of aliphatic hydroxyl groups excluding tert-OH is 1. The molecule has 1 aliphatic carbocycles. The molecule has 1 heterocycles. The van der Waals surface area contributed by atoms with E-state index in [1.54, 1.807) is 0 Å². The topological polar surface area (TPSA) is 49.5 Å². The van der Waals surface area contributed by atoms with Gasteiger partial charge in [0.15, 0.2) is 0 Å². The first-order chi connectivity index (χ1) is 7.51. The molecule has 92 valence electrons. The van der Waals surface area contributed by atoms with Gasteiger partial charge in [0.2, 0.25) is 0 Å². The van der Waals surface area contributed by atoms with E-state index >= 15 is 0 Å². The molecule has 0 aromatic heterocycles. The molecule has 1 saturated carbocycles. The summed E-state index contributed by atoms with van der Waals surface area (Å²) in [4.78, 5) is 3.13. The molecule has 3 N–H and O–H groups in total. The lowest BCUT2D eigenvalue weighted by molar-refractivity contribution is 0.125. The van der Waals surface area contributed by atoms with Crippen LogP contribution < -0.4 is 5.73 Å². The van der Waals surface area contributed by atoms with E-state index in [0.717, 1.165) is 32.5 Å². The molecule has 1 aliphatic heterocycles. The van der Waals surface area contributed by atoms with Gasteiger partial charge in [-0.05, 0) is 44.1 Å². The summed E-state index contributed by atoms with van der Waals surface area (Å²) in [6.45, 7) is 5.18. The van der Waals surface area contributed by atoms with Crippen molar-refractivity contribution in [2.45, 2.75) is 38.7 Å². The van der Waals surface area contributed by atoms with Gasteiger partial charge in [-0.1, -0.05) is 12.2 Å². The van der Waals surface area contributed by atoms with Crippen LogP contribution >= 0.6 is 12.2 Å². The number of rotatable bonds is 5. The highest BCUT2D eigenvalue weighted by Gasteiger charge is 2.45. The van der Waals surface area contributed by atoms with Crippen molar-refractivity contribution < 1.29 is 5.11 Å². The molecule has 4 heteroatoms. The van der Waals surface area contributed by atoms with Gasteiger partial charge in [0.25, 0.3) is 0 Å². The smallest absolute Gasteiger partial charge is 0.0733 e. The molecule has 16 heavy (non-hydrogen) atoms. The van der Waals surface area contributed by atoms with E-state index in [9.17, 15) is 5.11 Å². The van der Waals surface area contributed by atoms with Crippen molar-refractivity contribution in [3.05, 3.63) is 0 Å². The summed E-state index contributed by atoms with van der Waals surface area (Å²) < 4.78 is 0. The average molecular weight is 242 g/mol. The molecule has 0 spiro atoms. The number of hydrogen-bond donors (Lipinski definition) is 2. The van der Waals surface area contributed by atoms with Gasteiger partial charge >= 0.3 is 0 Å². The van der Waals surface area contributed by atoms with Crippen LogP contribution in [0.25, 0.3) is 0 Å². The number of nitrogens with zero attached hydrogens (tertiary/aromatic N) is 1. The standard InChI is InChI=1S/C12H22N2OS/c1-9(15)10-2-5-14(7-10)8-12(3-4-12)6-11(13)16/h9-10,15H,2-8H2,1H3,(H2,13,16). The van der Waals surface area contributed by atoms with Crippen LogP contribution in [0.2, 0.25) is 0 Å². The SMILES string of the molecule is CC(O)C1CCN(CC2(CC(N)=S)CC2)C1. The number of hydrogen-bond acceptors (Lipinski definition) is 3. The molecule has 0 aromatic rings. The van der Waals surface area contributed by atoms with E-state index in [1.165, 1.54) is 12.8 Å². The molecule has 2 fully saturated rings. The van der Waals surface area contributed by atoms with Crippen LogP contribution in [0.15, 0.2) is 0 Å². The summed E-state index contributed by atoms with van der Waals surface area (Å²) in [6.07, 6.45) is 4.38. The molecule has 2 atom stereocenters. The van der Waals surface area contributed by atoms with Crippen LogP contribution in [0, 0.1) is 11.3 Å². The normalized spacial score (nSPS) is 30.2.